The van der Waals surface area contributed by atoms with Gasteiger partial charge >= 0.3 is 0 Å². The number of alkyl halides is 1. The molecule has 2 aliphatic heterocycles. The number of nitriles is 1. The zero-order chi connectivity index (χ0) is 31.4. The normalized spacial score (nSPS) is 31.5. The van der Waals surface area contributed by atoms with Gasteiger partial charge in [-0.1, -0.05) is 42.5 Å². The summed E-state index contributed by atoms with van der Waals surface area (Å²) < 4.78 is 27.0. The standard InChI is InChI=1S/C39H38FN3O3/c1-26-42-32-10-5-28(18-33(32)46-26)27-3-2-4-31(17-27)43(34(44)19-36-20-38(40,21-36)22-36)24-35-11-15-39(16-12-35,45-25-35)30-8-6-29(7-9-30)37(23-41)13-14-37/h2-10,17-18H,11-16,19-22,24-25H2,1H3. The molecule has 1 aromatic heterocycles. The van der Waals surface area contributed by atoms with Crippen molar-refractivity contribution >= 4 is 22.7 Å². The summed E-state index contributed by atoms with van der Waals surface area (Å²) >= 11 is 0. The van der Waals surface area contributed by atoms with Crippen molar-refractivity contribution in [3.8, 4) is 17.2 Å². The van der Waals surface area contributed by atoms with Gasteiger partial charge in [-0.3, -0.25) is 4.79 Å². The number of carbonyl (C=O) groups excluding carboxylic acids is 1. The number of hydrogen-bond acceptors (Lipinski definition) is 5. The van der Waals surface area contributed by atoms with E-state index in [4.69, 9.17) is 9.15 Å². The number of aryl methyl sites for hydroxylation is 1. The molecule has 2 saturated heterocycles. The molecule has 3 aromatic carbocycles. The number of aromatic nitrogens is 1. The fourth-order valence-corrected chi connectivity index (χ4v) is 9.22. The molecule has 3 heterocycles. The fraction of sp³-hybridized carbons (Fsp3) is 0.462. The highest BCUT2D eigenvalue weighted by Crippen LogP contribution is 2.71. The summed E-state index contributed by atoms with van der Waals surface area (Å²) in [7, 11) is 0. The predicted molar refractivity (Wildman–Crippen MR) is 173 cm³/mol. The van der Waals surface area contributed by atoms with Crippen LogP contribution >= 0.6 is 0 Å². The quantitative estimate of drug-likeness (QED) is 0.199. The molecule has 0 atom stereocenters. The minimum absolute atomic E-state index is 0.0825. The molecule has 5 aliphatic carbocycles. The lowest BCUT2D eigenvalue weighted by Gasteiger charge is -2.66. The first-order valence-corrected chi connectivity index (χ1v) is 16.8. The van der Waals surface area contributed by atoms with Crippen LogP contribution in [-0.2, 0) is 20.5 Å². The predicted octanol–water partition coefficient (Wildman–Crippen LogP) is 8.46. The van der Waals surface area contributed by atoms with Crippen molar-refractivity contribution in [2.75, 3.05) is 18.1 Å². The minimum atomic E-state index is -1.03. The second kappa shape index (κ2) is 9.51. The number of anilines is 1. The van der Waals surface area contributed by atoms with Crippen LogP contribution in [0.3, 0.4) is 0 Å². The maximum absolute atomic E-state index is 14.4. The van der Waals surface area contributed by atoms with E-state index < -0.39 is 5.67 Å². The van der Waals surface area contributed by atoms with Crippen LogP contribution in [0.15, 0.2) is 71.1 Å². The number of ether oxygens (including phenoxy) is 1. The zero-order valence-electron chi connectivity index (χ0n) is 26.3. The van der Waals surface area contributed by atoms with Crippen LogP contribution in [0.25, 0.3) is 22.2 Å². The van der Waals surface area contributed by atoms with Crippen molar-refractivity contribution in [2.45, 2.75) is 87.8 Å². The number of amides is 1. The minimum Gasteiger partial charge on any atom is -0.441 e. The summed E-state index contributed by atoms with van der Waals surface area (Å²) in [5, 5.41) is 9.63. The lowest BCUT2D eigenvalue weighted by atomic mass is 9.41. The highest BCUT2D eigenvalue weighted by Gasteiger charge is 2.69. The van der Waals surface area contributed by atoms with E-state index in [1.54, 1.807) is 0 Å². The number of benzene rings is 3. The third-order valence-corrected chi connectivity index (χ3v) is 12.1. The van der Waals surface area contributed by atoms with Crippen molar-refractivity contribution in [1.29, 1.82) is 5.26 Å². The van der Waals surface area contributed by atoms with E-state index in [1.807, 2.05) is 42.2 Å². The number of fused-ring (bicyclic) bond motifs is 4. The van der Waals surface area contributed by atoms with Crippen LogP contribution in [0.1, 0.15) is 81.2 Å². The molecule has 0 radical (unpaired) electrons. The third-order valence-electron chi connectivity index (χ3n) is 12.1. The molecule has 5 saturated carbocycles. The number of rotatable bonds is 8. The van der Waals surface area contributed by atoms with Crippen LogP contribution in [0, 0.1) is 29.1 Å². The van der Waals surface area contributed by atoms with E-state index in [9.17, 15) is 14.4 Å². The van der Waals surface area contributed by atoms with Gasteiger partial charge in [-0.05, 0) is 110 Å². The SMILES string of the molecule is Cc1nc2ccc(-c3cccc(N(CC45CCC(c6ccc(C7(C#N)CC7)cc6)(CC4)OC5)C(=O)CC45CC(F)(C4)C5)c3)cc2o1. The van der Waals surface area contributed by atoms with Crippen LogP contribution in [0.4, 0.5) is 10.1 Å². The van der Waals surface area contributed by atoms with Gasteiger partial charge in [-0.2, -0.15) is 5.26 Å². The van der Waals surface area contributed by atoms with Crippen molar-refractivity contribution < 1.29 is 18.3 Å². The second-order valence-corrected chi connectivity index (χ2v) is 15.4. The molecule has 11 rings (SSSR count). The third kappa shape index (κ3) is 4.36. The average Bonchev–Trinajstić information content (AvgIpc) is 3.77. The molecule has 7 heteroatoms. The average molecular weight is 616 g/mol. The molecule has 7 fully saturated rings. The Morgan fingerprint density at radius 2 is 1.63 bits per heavy atom. The van der Waals surface area contributed by atoms with E-state index in [2.05, 4.69) is 47.5 Å². The lowest BCUT2D eigenvalue weighted by molar-refractivity contribution is -0.215. The van der Waals surface area contributed by atoms with Crippen LogP contribution in [0.5, 0.6) is 0 Å². The van der Waals surface area contributed by atoms with Gasteiger partial charge in [-0.15, -0.1) is 0 Å². The highest BCUT2D eigenvalue weighted by atomic mass is 19.1. The van der Waals surface area contributed by atoms with Gasteiger partial charge in [0.25, 0.3) is 0 Å². The Kier molecular flexibility index (Phi) is 5.84. The first kappa shape index (κ1) is 28.2. The molecule has 4 bridgehead atoms. The molecule has 4 aromatic rings. The Morgan fingerprint density at radius 3 is 2.28 bits per heavy atom. The van der Waals surface area contributed by atoms with Crippen molar-refractivity contribution in [3.63, 3.8) is 0 Å². The number of hydrogen-bond donors (Lipinski definition) is 0. The number of nitrogens with zero attached hydrogens (tertiary/aromatic N) is 3. The Bertz CT molecular complexity index is 1890. The van der Waals surface area contributed by atoms with E-state index >= 15 is 0 Å². The first-order valence-electron chi connectivity index (χ1n) is 16.8. The molecular formula is C39H38FN3O3. The van der Waals surface area contributed by atoms with Crippen molar-refractivity contribution in [3.05, 3.63) is 83.7 Å². The largest absolute Gasteiger partial charge is 0.441 e. The summed E-state index contributed by atoms with van der Waals surface area (Å²) in [5.41, 5.74) is 4.84. The van der Waals surface area contributed by atoms with E-state index in [0.717, 1.165) is 72.0 Å². The first-order chi connectivity index (χ1) is 22.1. The van der Waals surface area contributed by atoms with Crippen molar-refractivity contribution in [1.82, 2.24) is 4.98 Å². The molecule has 234 valence electrons. The Balaban J connectivity index is 0.981. The Hall–Kier alpha value is -4.02. The Morgan fingerprint density at radius 1 is 0.913 bits per heavy atom. The van der Waals surface area contributed by atoms with Crippen molar-refractivity contribution in [2.24, 2.45) is 10.8 Å². The summed E-state index contributed by atoms with van der Waals surface area (Å²) in [6, 6.07) is 25.3. The van der Waals surface area contributed by atoms with Gasteiger partial charge in [0.15, 0.2) is 11.5 Å². The van der Waals surface area contributed by atoms with Gasteiger partial charge in [-0.25, -0.2) is 9.37 Å². The number of carbonyl (C=O) groups is 1. The smallest absolute Gasteiger partial charge is 0.227 e. The van der Waals surface area contributed by atoms with Gasteiger partial charge in [0.2, 0.25) is 5.91 Å². The van der Waals surface area contributed by atoms with Gasteiger partial charge in [0.1, 0.15) is 11.2 Å². The topological polar surface area (TPSA) is 79.4 Å². The molecular weight excluding hydrogens is 577 g/mol. The summed E-state index contributed by atoms with van der Waals surface area (Å²) in [6.45, 7) is 3.03. The molecule has 46 heavy (non-hydrogen) atoms. The Labute approximate surface area is 268 Å². The molecule has 7 aliphatic rings. The van der Waals surface area contributed by atoms with Gasteiger partial charge in [0, 0.05) is 31.0 Å². The zero-order valence-corrected chi connectivity index (χ0v) is 26.3. The molecule has 1 amide bonds. The summed E-state index contributed by atoms with van der Waals surface area (Å²) in [6.07, 6.45) is 7.58. The fourth-order valence-electron chi connectivity index (χ4n) is 9.22. The van der Waals surface area contributed by atoms with E-state index in [-0.39, 0.29) is 27.8 Å². The monoisotopic (exact) mass is 615 g/mol. The maximum Gasteiger partial charge on any atom is 0.227 e. The number of halogens is 1. The van der Waals surface area contributed by atoms with E-state index in [1.165, 1.54) is 5.56 Å². The maximum atomic E-state index is 14.4. The lowest BCUT2D eigenvalue weighted by Crippen LogP contribution is -2.65. The molecule has 0 N–H and O–H groups in total. The summed E-state index contributed by atoms with van der Waals surface area (Å²) in [5.74, 6) is 0.716. The molecule has 0 spiro atoms. The molecule has 6 nitrogen and oxygen atoms in total. The second-order valence-electron chi connectivity index (χ2n) is 15.4. The van der Waals surface area contributed by atoms with Gasteiger partial charge in [0.05, 0.1) is 23.7 Å². The number of oxazole rings is 1. The highest BCUT2D eigenvalue weighted by molar-refractivity contribution is 5.95. The van der Waals surface area contributed by atoms with Crippen LogP contribution in [0.2, 0.25) is 0 Å². The van der Waals surface area contributed by atoms with Gasteiger partial charge < -0.3 is 14.1 Å². The summed E-state index contributed by atoms with van der Waals surface area (Å²) in [4.78, 5) is 20.6. The molecule has 0 unspecified atom stereocenters. The van der Waals surface area contributed by atoms with E-state index in [0.29, 0.717) is 44.7 Å². The van der Waals surface area contributed by atoms with Crippen LogP contribution < -0.4 is 4.90 Å². The van der Waals surface area contributed by atoms with Crippen LogP contribution in [-0.4, -0.2) is 29.7 Å².